The second-order valence-electron chi connectivity index (χ2n) is 3.70. The number of hydrogen-bond donors (Lipinski definition) is 1. The van der Waals surface area contributed by atoms with Crippen molar-refractivity contribution >= 4 is 12.1 Å². The Morgan fingerprint density at radius 1 is 1.21 bits per heavy atom. The number of carbonyl (C=O) groups is 2. The van der Waals surface area contributed by atoms with E-state index in [2.05, 4.69) is 13.2 Å². The van der Waals surface area contributed by atoms with Crippen molar-refractivity contribution in [1.82, 2.24) is 0 Å². The molecule has 0 fully saturated rings. The van der Waals surface area contributed by atoms with Crippen molar-refractivity contribution in [2.45, 2.75) is 0 Å². The van der Waals surface area contributed by atoms with E-state index in [0.717, 1.165) is 5.57 Å². The van der Waals surface area contributed by atoms with Gasteiger partial charge in [-0.2, -0.15) is 0 Å². The molecule has 0 spiro atoms. The molecule has 1 aromatic carbocycles. The normalized spacial score (nSPS) is 11.3. The highest BCUT2D eigenvalue weighted by atomic mass is 16.3. The van der Waals surface area contributed by atoms with E-state index in [9.17, 15) is 14.7 Å². The van der Waals surface area contributed by atoms with Gasteiger partial charge in [0.05, 0.1) is 5.56 Å². The maximum Gasteiger partial charge on any atom is 0.189 e. The Morgan fingerprint density at radius 3 is 2.53 bits per heavy atom. The zero-order valence-electron chi connectivity index (χ0n) is 10.4. The summed E-state index contributed by atoms with van der Waals surface area (Å²) >= 11 is 0. The van der Waals surface area contributed by atoms with Crippen LogP contribution < -0.4 is 0 Å². The van der Waals surface area contributed by atoms with E-state index in [1.165, 1.54) is 24.3 Å². The number of hydrogen-bond acceptors (Lipinski definition) is 3. The van der Waals surface area contributed by atoms with Crippen molar-refractivity contribution in [2.75, 3.05) is 0 Å². The van der Waals surface area contributed by atoms with Crippen molar-refractivity contribution in [2.24, 2.45) is 0 Å². The number of phenols is 1. The molecular weight excluding hydrogens is 240 g/mol. The lowest BCUT2D eigenvalue weighted by atomic mass is 10.1. The molecule has 0 saturated carbocycles. The third-order valence-electron chi connectivity index (χ3n) is 2.40. The lowest BCUT2D eigenvalue weighted by molar-refractivity contribution is 0.104. The van der Waals surface area contributed by atoms with E-state index < -0.39 is 5.78 Å². The number of phenolic OH excluding ortho intramolecular Hbond substituents is 1. The molecule has 0 aliphatic carbocycles. The van der Waals surface area contributed by atoms with Gasteiger partial charge in [-0.1, -0.05) is 37.5 Å². The number of rotatable bonds is 6. The number of ketones is 1. The molecule has 96 valence electrons. The minimum atomic E-state index is -0.391. The molecule has 0 atom stereocenters. The molecule has 0 radical (unpaired) electrons. The molecule has 0 bridgehead atoms. The molecule has 0 aliphatic heterocycles. The van der Waals surface area contributed by atoms with Crippen LogP contribution in [0.4, 0.5) is 0 Å². The van der Waals surface area contributed by atoms with Crippen molar-refractivity contribution in [1.29, 1.82) is 0 Å². The summed E-state index contributed by atoms with van der Waals surface area (Å²) in [6, 6.07) is 4.11. The molecular formula is C16H14O3. The maximum atomic E-state index is 11.9. The van der Waals surface area contributed by atoms with Crippen LogP contribution in [0.2, 0.25) is 0 Å². The Hall–Kier alpha value is -2.68. The van der Waals surface area contributed by atoms with Crippen molar-refractivity contribution in [3.63, 3.8) is 0 Å². The average Bonchev–Trinajstić information content (AvgIpc) is 2.43. The summed E-state index contributed by atoms with van der Waals surface area (Å²) in [4.78, 5) is 22.6. The Labute approximate surface area is 111 Å². The quantitative estimate of drug-likeness (QED) is 0.367. The van der Waals surface area contributed by atoms with Gasteiger partial charge < -0.3 is 5.11 Å². The van der Waals surface area contributed by atoms with Gasteiger partial charge in [0.1, 0.15) is 12.0 Å². The third-order valence-corrected chi connectivity index (χ3v) is 2.40. The molecule has 19 heavy (non-hydrogen) atoms. The topological polar surface area (TPSA) is 54.4 Å². The summed E-state index contributed by atoms with van der Waals surface area (Å²) in [5.74, 6) is -0.550. The fraction of sp³-hybridized carbons (Fsp3) is 0. The Bertz CT molecular complexity index is 578. The van der Waals surface area contributed by atoms with Gasteiger partial charge >= 0.3 is 0 Å². The smallest absolute Gasteiger partial charge is 0.189 e. The summed E-state index contributed by atoms with van der Waals surface area (Å²) in [5.41, 5.74) is 1.14. The molecule has 0 saturated heterocycles. The highest BCUT2D eigenvalue weighted by Gasteiger charge is 2.09. The van der Waals surface area contributed by atoms with Crippen LogP contribution in [-0.4, -0.2) is 17.2 Å². The number of carbonyl (C=O) groups excluding carboxylic acids is 2. The van der Waals surface area contributed by atoms with Crippen LogP contribution in [0.5, 0.6) is 5.75 Å². The Balaban J connectivity index is 3.04. The standard InChI is InChI=1S/C16H14O3/c1-3-5-12(4-2)6-8-15(18)14-10-13(11-17)7-9-16(14)19/h3-11,19H,1-2H2/b8-6+,12-5+. The van der Waals surface area contributed by atoms with E-state index in [-0.39, 0.29) is 11.3 Å². The summed E-state index contributed by atoms with van der Waals surface area (Å²) in [5, 5.41) is 9.61. The van der Waals surface area contributed by atoms with Gasteiger partial charge in [-0.15, -0.1) is 0 Å². The van der Waals surface area contributed by atoms with Gasteiger partial charge in [0.15, 0.2) is 5.78 Å². The van der Waals surface area contributed by atoms with Gasteiger partial charge in [0.25, 0.3) is 0 Å². The molecule has 0 heterocycles. The molecule has 0 aromatic heterocycles. The van der Waals surface area contributed by atoms with Gasteiger partial charge in [-0.3, -0.25) is 9.59 Å². The first-order valence-corrected chi connectivity index (χ1v) is 5.58. The van der Waals surface area contributed by atoms with Crippen LogP contribution in [0.1, 0.15) is 20.7 Å². The van der Waals surface area contributed by atoms with Crippen LogP contribution in [-0.2, 0) is 0 Å². The third kappa shape index (κ3) is 3.92. The first kappa shape index (κ1) is 14.4. The zero-order chi connectivity index (χ0) is 14.3. The summed E-state index contributed by atoms with van der Waals surface area (Å²) in [6.45, 7) is 7.15. The SMILES string of the molecule is C=C/C=C(C=C)/C=C/C(=O)c1cc(C=O)ccc1O. The lowest BCUT2D eigenvalue weighted by Gasteiger charge is -2.01. The first-order valence-electron chi connectivity index (χ1n) is 5.58. The fourth-order valence-electron chi connectivity index (χ4n) is 1.41. The molecule has 3 heteroatoms. The van der Waals surface area contributed by atoms with E-state index in [0.29, 0.717) is 11.8 Å². The number of aromatic hydroxyl groups is 1. The van der Waals surface area contributed by atoms with Crippen molar-refractivity contribution in [3.05, 3.63) is 78.4 Å². The Kier molecular flexibility index (Phi) is 5.23. The van der Waals surface area contributed by atoms with Crippen LogP contribution in [0.25, 0.3) is 0 Å². The number of benzene rings is 1. The Morgan fingerprint density at radius 2 is 1.95 bits per heavy atom. The highest BCUT2D eigenvalue weighted by Crippen LogP contribution is 2.19. The second kappa shape index (κ2) is 6.91. The summed E-state index contributed by atoms with van der Waals surface area (Å²) in [6.07, 6.45) is 8.33. The molecule has 0 aliphatic rings. The lowest BCUT2D eigenvalue weighted by Crippen LogP contribution is -1.96. The number of aldehydes is 1. The van der Waals surface area contributed by atoms with Crippen LogP contribution >= 0.6 is 0 Å². The van der Waals surface area contributed by atoms with Crippen LogP contribution in [0.15, 0.2) is 67.3 Å². The fourth-order valence-corrected chi connectivity index (χ4v) is 1.41. The molecule has 1 N–H and O–H groups in total. The number of allylic oxidation sites excluding steroid dienone is 6. The van der Waals surface area contributed by atoms with Crippen molar-refractivity contribution < 1.29 is 14.7 Å². The first-order chi connectivity index (χ1) is 9.12. The van der Waals surface area contributed by atoms with E-state index >= 15 is 0 Å². The van der Waals surface area contributed by atoms with Gasteiger partial charge in [0.2, 0.25) is 0 Å². The minimum Gasteiger partial charge on any atom is -0.507 e. The van der Waals surface area contributed by atoms with Crippen LogP contribution in [0.3, 0.4) is 0 Å². The molecule has 1 aromatic rings. The van der Waals surface area contributed by atoms with Gasteiger partial charge in [-0.05, 0) is 29.8 Å². The minimum absolute atomic E-state index is 0.0860. The molecule has 0 amide bonds. The summed E-state index contributed by atoms with van der Waals surface area (Å²) in [7, 11) is 0. The average molecular weight is 254 g/mol. The van der Waals surface area contributed by atoms with E-state index in [1.807, 2.05) is 0 Å². The largest absolute Gasteiger partial charge is 0.507 e. The zero-order valence-corrected chi connectivity index (χ0v) is 10.4. The molecule has 3 nitrogen and oxygen atoms in total. The van der Waals surface area contributed by atoms with Gasteiger partial charge in [0, 0.05) is 5.56 Å². The maximum absolute atomic E-state index is 11.9. The second-order valence-corrected chi connectivity index (χ2v) is 3.70. The monoisotopic (exact) mass is 254 g/mol. The van der Waals surface area contributed by atoms with E-state index in [1.54, 1.807) is 24.3 Å². The van der Waals surface area contributed by atoms with Crippen molar-refractivity contribution in [3.8, 4) is 5.75 Å². The summed E-state index contributed by atoms with van der Waals surface area (Å²) < 4.78 is 0. The molecule has 0 unspecified atom stereocenters. The van der Waals surface area contributed by atoms with Crippen LogP contribution in [0, 0.1) is 0 Å². The van der Waals surface area contributed by atoms with E-state index in [4.69, 9.17) is 0 Å². The highest BCUT2D eigenvalue weighted by molar-refractivity contribution is 6.07. The van der Waals surface area contributed by atoms with Gasteiger partial charge in [-0.25, -0.2) is 0 Å². The predicted octanol–water partition coefficient (Wildman–Crippen LogP) is 3.24. The molecule has 1 rings (SSSR count). The predicted molar refractivity (Wildman–Crippen MR) is 75.4 cm³/mol.